The molecule has 12 aromatic rings. The molecule has 0 fully saturated rings. The Hall–Kier alpha value is -6.81. The van der Waals surface area contributed by atoms with E-state index in [1.807, 2.05) is 30.5 Å². The Morgan fingerprint density at radius 3 is 1.91 bits per heavy atom. The molecule has 0 atom stereocenters. The van der Waals surface area contributed by atoms with Crippen LogP contribution in [0.2, 0.25) is 0 Å². The fraction of sp³-hybridized carbons (Fsp3) is 0. The second-order valence-electron chi connectivity index (χ2n) is 14.0. The maximum Gasteiger partial charge on any atom is 2.00 e. The molecule has 12 rings (SSSR count). The van der Waals surface area contributed by atoms with E-state index in [-0.39, 0.29) is 21.1 Å². The van der Waals surface area contributed by atoms with Crippen molar-refractivity contribution in [3.63, 3.8) is 0 Å². The van der Waals surface area contributed by atoms with Gasteiger partial charge in [-0.25, -0.2) is 4.98 Å². The van der Waals surface area contributed by atoms with E-state index >= 15 is 0 Å². The van der Waals surface area contributed by atoms with Gasteiger partial charge >= 0.3 is 21.1 Å². The summed E-state index contributed by atoms with van der Waals surface area (Å²) in [5.41, 5.74) is 11.3. The molecule has 0 unspecified atom stereocenters. The van der Waals surface area contributed by atoms with Crippen LogP contribution in [-0.4, -0.2) is 18.8 Å². The van der Waals surface area contributed by atoms with Crippen LogP contribution < -0.4 is 4.74 Å². The molecule has 6 heteroatoms. The summed E-state index contributed by atoms with van der Waals surface area (Å²) < 4.78 is 11.2. The molecule has 5 heterocycles. The Balaban J connectivity index is 0.00000363. The van der Waals surface area contributed by atoms with Gasteiger partial charge in [-0.1, -0.05) is 150 Å². The minimum Gasteiger partial charge on any atom is -0.503 e. The van der Waals surface area contributed by atoms with Crippen LogP contribution in [-0.2, 0) is 21.1 Å². The largest absolute Gasteiger partial charge is 2.00 e. The number of fused-ring (bicyclic) bond motifs is 12. The van der Waals surface area contributed by atoms with Crippen LogP contribution in [0.15, 0.2) is 170 Å². The molecule has 0 spiro atoms. The number of hydrogen-bond donors (Lipinski definition) is 0. The van der Waals surface area contributed by atoms with Crippen molar-refractivity contribution in [2.75, 3.05) is 0 Å². The molecule has 56 heavy (non-hydrogen) atoms. The first kappa shape index (κ1) is 32.6. The van der Waals surface area contributed by atoms with E-state index in [4.69, 9.17) is 14.7 Å². The van der Waals surface area contributed by atoms with Crippen molar-refractivity contribution in [3.05, 3.63) is 182 Å². The summed E-state index contributed by atoms with van der Waals surface area (Å²) in [5.74, 6) is 1.19. The predicted octanol–water partition coefficient (Wildman–Crippen LogP) is 12.6. The number of imidazole rings is 1. The van der Waals surface area contributed by atoms with Crippen LogP contribution in [0.3, 0.4) is 0 Å². The Morgan fingerprint density at radius 2 is 1.12 bits per heavy atom. The monoisotopic (exact) mass is 895 g/mol. The molecule has 0 amide bonds. The van der Waals surface area contributed by atoms with Crippen molar-refractivity contribution in [1.82, 2.24) is 18.8 Å². The standard InChI is InChI=1S/C50H28N4O.Pt/c1-4-13-31(14-5-1)36-27-28-51-50-45(36)41-21-12-20-40-39-26-24-35(30-44(39)54(50)48(40)41)55-34-23-25-37-38-19-10-11-22-43(38)53-47(33-17-8-3-9-18-33)46(32-15-6-2-7-16-32)52-49(53)42(37)29-34;/h1-28H;/q-2;+2. The van der Waals surface area contributed by atoms with Crippen molar-refractivity contribution in [2.24, 2.45) is 0 Å². The summed E-state index contributed by atoms with van der Waals surface area (Å²) in [5, 5.41) is 7.66. The summed E-state index contributed by atoms with van der Waals surface area (Å²) in [6.07, 6.45) is 1.90. The molecule has 0 radical (unpaired) electrons. The smallest absolute Gasteiger partial charge is 0.503 e. The molecular formula is C50H28N4OPt. The third-order valence-electron chi connectivity index (χ3n) is 10.9. The van der Waals surface area contributed by atoms with E-state index in [1.165, 1.54) is 16.3 Å². The summed E-state index contributed by atoms with van der Waals surface area (Å²) in [4.78, 5) is 10.3. The van der Waals surface area contributed by atoms with Gasteiger partial charge in [0, 0.05) is 45.1 Å². The van der Waals surface area contributed by atoms with Gasteiger partial charge in [0.05, 0.1) is 17.0 Å². The first-order valence-corrected chi connectivity index (χ1v) is 18.4. The molecule has 5 aromatic heterocycles. The van der Waals surface area contributed by atoms with Gasteiger partial charge in [0.15, 0.2) is 0 Å². The maximum absolute atomic E-state index is 6.67. The molecular weight excluding hydrogens is 868 g/mol. The Morgan fingerprint density at radius 1 is 0.482 bits per heavy atom. The maximum atomic E-state index is 6.67. The van der Waals surface area contributed by atoms with Crippen LogP contribution in [0.25, 0.3) is 99.2 Å². The zero-order chi connectivity index (χ0) is 36.0. The first-order valence-electron chi connectivity index (χ1n) is 18.4. The third-order valence-corrected chi connectivity index (χ3v) is 10.9. The molecule has 0 aliphatic rings. The molecule has 7 aromatic carbocycles. The number of ether oxygens (including phenoxy) is 1. The minimum atomic E-state index is 0. The fourth-order valence-electron chi connectivity index (χ4n) is 8.62. The number of nitrogens with zero attached hydrogens (tertiary/aromatic N) is 4. The number of pyridine rings is 2. The van der Waals surface area contributed by atoms with Gasteiger partial charge in [0.1, 0.15) is 5.65 Å². The topological polar surface area (TPSA) is 43.8 Å². The van der Waals surface area contributed by atoms with Crippen molar-refractivity contribution in [1.29, 1.82) is 0 Å². The van der Waals surface area contributed by atoms with Gasteiger partial charge in [0.2, 0.25) is 0 Å². The summed E-state index contributed by atoms with van der Waals surface area (Å²) in [6, 6.07) is 64.2. The van der Waals surface area contributed by atoms with E-state index in [0.717, 1.165) is 82.9 Å². The normalized spacial score (nSPS) is 11.8. The van der Waals surface area contributed by atoms with Gasteiger partial charge in [-0.2, -0.15) is 6.07 Å². The van der Waals surface area contributed by atoms with E-state index in [9.17, 15) is 0 Å². The van der Waals surface area contributed by atoms with Gasteiger partial charge in [-0.15, -0.1) is 29.7 Å². The minimum absolute atomic E-state index is 0. The van der Waals surface area contributed by atoms with Crippen LogP contribution >= 0.6 is 0 Å². The molecule has 0 aliphatic carbocycles. The molecule has 0 saturated carbocycles. The summed E-state index contributed by atoms with van der Waals surface area (Å²) in [7, 11) is 0. The summed E-state index contributed by atoms with van der Waals surface area (Å²) in [6.45, 7) is 0. The molecule has 5 nitrogen and oxygen atoms in total. The number of benzene rings is 7. The number of rotatable bonds is 5. The van der Waals surface area contributed by atoms with Gasteiger partial charge in [-0.3, -0.25) is 4.98 Å². The number of para-hydroxylation sites is 2. The Bertz CT molecular complexity index is 3450. The van der Waals surface area contributed by atoms with Crippen LogP contribution in [0, 0.1) is 12.1 Å². The Labute approximate surface area is 335 Å². The second kappa shape index (κ2) is 12.6. The van der Waals surface area contributed by atoms with Gasteiger partial charge in [-0.05, 0) is 39.6 Å². The Kier molecular flexibility index (Phi) is 7.35. The van der Waals surface area contributed by atoms with Crippen LogP contribution in [0.1, 0.15) is 0 Å². The first-order chi connectivity index (χ1) is 27.3. The van der Waals surface area contributed by atoms with Crippen LogP contribution in [0.5, 0.6) is 11.5 Å². The molecule has 0 N–H and O–H groups in total. The van der Waals surface area contributed by atoms with Gasteiger partial charge in [0.25, 0.3) is 0 Å². The molecule has 0 aliphatic heterocycles. The van der Waals surface area contributed by atoms with E-state index in [2.05, 4.69) is 160 Å². The quantitative estimate of drug-likeness (QED) is 0.128. The SMILES string of the molecule is [Pt+2].[c-]1c(Oc2[c-]c3c(cc2)c2cccc4c5c(-c6ccccc6)ccnc5n3c24)ccc2c1c1nc(-c3ccccc3)c(-c3ccccc3)n1c1ccccc21. The van der Waals surface area contributed by atoms with E-state index in [1.54, 1.807) is 0 Å². The predicted molar refractivity (Wildman–Crippen MR) is 223 cm³/mol. The number of aromatic nitrogens is 4. The zero-order valence-electron chi connectivity index (χ0n) is 29.7. The van der Waals surface area contributed by atoms with Crippen molar-refractivity contribution >= 4 is 65.5 Å². The summed E-state index contributed by atoms with van der Waals surface area (Å²) >= 11 is 0. The van der Waals surface area contributed by atoms with E-state index < -0.39 is 0 Å². The second-order valence-corrected chi connectivity index (χ2v) is 14.0. The molecule has 0 saturated heterocycles. The molecule has 264 valence electrons. The van der Waals surface area contributed by atoms with Crippen LogP contribution in [0.4, 0.5) is 0 Å². The molecule has 0 bridgehead atoms. The third kappa shape index (κ3) is 4.71. The average Bonchev–Trinajstić information content (AvgIpc) is 3.93. The van der Waals surface area contributed by atoms with Crippen molar-refractivity contribution < 1.29 is 25.8 Å². The van der Waals surface area contributed by atoms with Gasteiger partial charge < -0.3 is 13.5 Å². The van der Waals surface area contributed by atoms with Crippen molar-refractivity contribution in [3.8, 4) is 45.1 Å². The zero-order valence-corrected chi connectivity index (χ0v) is 32.0. The van der Waals surface area contributed by atoms with E-state index in [0.29, 0.717) is 11.5 Å². The average molecular weight is 896 g/mol. The number of hydrogen-bond acceptors (Lipinski definition) is 3. The fourth-order valence-corrected chi connectivity index (χ4v) is 8.62. The van der Waals surface area contributed by atoms with Crippen molar-refractivity contribution in [2.45, 2.75) is 0 Å².